The monoisotopic (exact) mass is 241 g/mol. The lowest BCUT2D eigenvalue weighted by atomic mass is 10.1. The van der Waals surface area contributed by atoms with Gasteiger partial charge in [0, 0.05) is 25.0 Å². The minimum Gasteiger partial charge on any atom is -0.350 e. The van der Waals surface area contributed by atoms with Gasteiger partial charge >= 0.3 is 0 Å². The highest BCUT2D eigenvalue weighted by molar-refractivity contribution is 5.76. The number of aryl methyl sites for hydroxylation is 1. The number of amides is 1. The van der Waals surface area contributed by atoms with E-state index in [1.165, 1.54) is 0 Å². The van der Waals surface area contributed by atoms with Gasteiger partial charge in [0.05, 0.1) is 12.2 Å². The van der Waals surface area contributed by atoms with Crippen molar-refractivity contribution in [1.82, 2.24) is 15.3 Å². The van der Waals surface area contributed by atoms with E-state index in [-0.39, 0.29) is 5.91 Å². The van der Waals surface area contributed by atoms with Crippen LogP contribution in [0.3, 0.4) is 0 Å². The molecule has 4 nitrogen and oxygen atoms in total. The highest BCUT2D eigenvalue weighted by atomic mass is 16.1. The highest BCUT2D eigenvalue weighted by Crippen LogP contribution is 2.01. The second-order valence-corrected chi connectivity index (χ2v) is 3.95. The molecule has 0 aliphatic heterocycles. The van der Waals surface area contributed by atoms with Gasteiger partial charge in [0.15, 0.2) is 0 Å². The van der Waals surface area contributed by atoms with E-state index in [4.69, 9.17) is 0 Å². The lowest BCUT2D eigenvalue weighted by molar-refractivity contribution is -0.121. The smallest absolute Gasteiger partial charge is 0.220 e. The molecule has 4 heteroatoms. The van der Waals surface area contributed by atoms with Gasteiger partial charge in [0.2, 0.25) is 5.91 Å². The molecule has 0 unspecified atom stereocenters. The van der Waals surface area contributed by atoms with E-state index in [9.17, 15) is 4.79 Å². The second-order valence-electron chi connectivity index (χ2n) is 3.95. The molecule has 92 valence electrons. The molecule has 0 fully saturated rings. The first-order valence-corrected chi connectivity index (χ1v) is 5.90. The summed E-state index contributed by atoms with van der Waals surface area (Å²) in [6.07, 6.45) is 6.41. The summed E-state index contributed by atoms with van der Waals surface area (Å²) in [6.45, 7) is 0.482. The van der Waals surface area contributed by atoms with Crippen LogP contribution in [0.2, 0.25) is 0 Å². The molecule has 0 aliphatic rings. The maximum absolute atomic E-state index is 11.6. The summed E-state index contributed by atoms with van der Waals surface area (Å²) >= 11 is 0. The Morgan fingerprint density at radius 3 is 2.67 bits per heavy atom. The van der Waals surface area contributed by atoms with Crippen LogP contribution in [0.5, 0.6) is 0 Å². The summed E-state index contributed by atoms with van der Waals surface area (Å²) in [5.74, 6) is 0.0393. The number of nitrogens with zero attached hydrogens (tertiary/aromatic N) is 2. The molecule has 1 amide bonds. The van der Waals surface area contributed by atoms with Crippen molar-refractivity contribution >= 4 is 5.91 Å². The number of aromatic nitrogens is 2. The number of pyridine rings is 2. The zero-order valence-electron chi connectivity index (χ0n) is 10.0. The Hall–Kier alpha value is -2.23. The molecular formula is C14H15N3O. The quantitative estimate of drug-likeness (QED) is 0.867. The summed E-state index contributed by atoms with van der Waals surface area (Å²) in [6, 6.07) is 9.50. The van der Waals surface area contributed by atoms with E-state index < -0.39 is 0 Å². The predicted molar refractivity (Wildman–Crippen MR) is 68.6 cm³/mol. The molecule has 0 spiro atoms. The van der Waals surface area contributed by atoms with Gasteiger partial charge in [0.25, 0.3) is 0 Å². The molecule has 0 atom stereocenters. The van der Waals surface area contributed by atoms with Gasteiger partial charge in [-0.1, -0.05) is 6.07 Å². The van der Waals surface area contributed by atoms with E-state index in [1.807, 2.05) is 30.3 Å². The third kappa shape index (κ3) is 3.97. The van der Waals surface area contributed by atoms with Crippen LogP contribution in [0.25, 0.3) is 0 Å². The Kier molecular flexibility index (Phi) is 4.41. The summed E-state index contributed by atoms with van der Waals surface area (Å²) < 4.78 is 0. The summed E-state index contributed by atoms with van der Waals surface area (Å²) in [7, 11) is 0. The van der Waals surface area contributed by atoms with E-state index >= 15 is 0 Å². The molecule has 0 radical (unpaired) electrons. The number of hydrogen-bond donors (Lipinski definition) is 1. The molecule has 0 saturated carbocycles. The van der Waals surface area contributed by atoms with E-state index in [0.717, 1.165) is 17.7 Å². The normalized spacial score (nSPS) is 10.0. The molecule has 2 heterocycles. The molecule has 0 saturated heterocycles. The summed E-state index contributed by atoms with van der Waals surface area (Å²) in [4.78, 5) is 19.7. The van der Waals surface area contributed by atoms with Crippen molar-refractivity contribution in [2.75, 3.05) is 0 Å². The third-order valence-electron chi connectivity index (χ3n) is 2.58. The van der Waals surface area contributed by atoms with Gasteiger partial charge in [-0.15, -0.1) is 0 Å². The Labute approximate surface area is 106 Å². The van der Waals surface area contributed by atoms with Gasteiger partial charge in [-0.25, -0.2) is 0 Å². The van der Waals surface area contributed by atoms with Crippen molar-refractivity contribution < 1.29 is 4.79 Å². The first-order valence-electron chi connectivity index (χ1n) is 5.90. The summed E-state index contributed by atoms with van der Waals surface area (Å²) in [5.41, 5.74) is 1.99. The third-order valence-corrected chi connectivity index (χ3v) is 2.58. The van der Waals surface area contributed by atoms with Crippen LogP contribution in [-0.2, 0) is 17.8 Å². The highest BCUT2D eigenvalue weighted by Gasteiger charge is 2.02. The number of hydrogen-bond acceptors (Lipinski definition) is 3. The van der Waals surface area contributed by atoms with Crippen molar-refractivity contribution in [3.05, 3.63) is 60.2 Å². The van der Waals surface area contributed by atoms with Gasteiger partial charge in [-0.3, -0.25) is 14.8 Å². The molecule has 0 aliphatic carbocycles. The van der Waals surface area contributed by atoms with Crippen molar-refractivity contribution in [3.63, 3.8) is 0 Å². The SMILES string of the molecule is O=C(CCc1ccncc1)NCc1ccccn1. The molecule has 2 aromatic heterocycles. The molecule has 0 bridgehead atoms. The molecule has 2 rings (SSSR count). The summed E-state index contributed by atoms with van der Waals surface area (Å²) in [5, 5.41) is 2.85. The lowest BCUT2D eigenvalue weighted by Crippen LogP contribution is -2.23. The van der Waals surface area contributed by atoms with E-state index in [2.05, 4.69) is 15.3 Å². The zero-order valence-corrected chi connectivity index (χ0v) is 10.0. The lowest BCUT2D eigenvalue weighted by Gasteiger charge is -2.04. The second kappa shape index (κ2) is 6.49. The van der Waals surface area contributed by atoms with Crippen LogP contribution in [0, 0.1) is 0 Å². The van der Waals surface area contributed by atoms with Crippen LogP contribution >= 0.6 is 0 Å². The van der Waals surface area contributed by atoms with Gasteiger partial charge in [-0.05, 0) is 36.2 Å². The Morgan fingerprint density at radius 2 is 1.94 bits per heavy atom. The number of nitrogens with one attached hydrogen (secondary N) is 1. The van der Waals surface area contributed by atoms with Crippen LogP contribution in [0.15, 0.2) is 48.9 Å². The largest absolute Gasteiger partial charge is 0.350 e. The van der Waals surface area contributed by atoms with Crippen LogP contribution in [-0.4, -0.2) is 15.9 Å². The van der Waals surface area contributed by atoms with Gasteiger partial charge in [0.1, 0.15) is 0 Å². The molecule has 1 N–H and O–H groups in total. The fraction of sp³-hybridized carbons (Fsp3) is 0.214. The van der Waals surface area contributed by atoms with Crippen LogP contribution < -0.4 is 5.32 Å². The minimum absolute atomic E-state index is 0.0393. The van der Waals surface area contributed by atoms with E-state index in [0.29, 0.717) is 13.0 Å². The minimum atomic E-state index is 0.0393. The Morgan fingerprint density at radius 1 is 1.11 bits per heavy atom. The van der Waals surface area contributed by atoms with Crippen molar-refractivity contribution in [1.29, 1.82) is 0 Å². The maximum atomic E-state index is 11.6. The standard InChI is InChI=1S/C14H15N3O/c18-14(5-4-12-6-9-15-10-7-12)17-11-13-3-1-2-8-16-13/h1-3,6-10H,4-5,11H2,(H,17,18). The fourth-order valence-corrected chi connectivity index (χ4v) is 1.59. The fourth-order valence-electron chi connectivity index (χ4n) is 1.59. The molecular weight excluding hydrogens is 226 g/mol. The number of rotatable bonds is 5. The van der Waals surface area contributed by atoms with Crippen molar-refractivity contribution in [2.45, 2.75) is 19.4 Å². The predicted octanol–water partition coefficient (Wildman–Crippen LogP) is 1.73. The first-order chi connectivity index (χ1) is 8.84. The van der Waals surface area contributed by atoms with E-state index in [1.54, 1.807) is 18.6 Å². The number of carbonyl (C=O) groups is 1. The Balaban J connectivity index is 1.73. The number of carbonyl (C=O) groups excluding carboxylic acids is 1. The van der Waals surface area contributed by atoms with Gasteiger partial charge < -0.3 is 5.32 Å². The molecule has 2 aromatic rings. The zero-order chi connectivity index (χ0) is 12.6. The average Bonchev–Trinajstić information content (AvgIpc) is 2.45. The average molecular weight is 241 g/mol. The maximum Gasteiger partial charge on any atom is 0.220 e. The van der Waals surface area contributed by atoms with Gasteiger partial charge in [-0.2, -0.15) is 0 Å². The Bertz CT molecular complexity index is 439. The van der Waals surface area contributed by atoms with Crippen molar-refractivity contribution in [2.24, 2.45) is 0 Å². The van der Waals surface area contributed by atoms with Crippen LogP contribution in [0.1, 0.15) is 17.7 Å². The molecule has 0 aromatic carbocycles. The van der Waals surface area contributed by atoms with Crippen molar-refractivity contribution in [3.8, 4) is 0 Å². The van der Waals surface area contributed by atoms with Crippen LogP contribution in [0.4, 0.5) is 0 Å². The molecule has 18 heavy (non-hydrogen) atoms. The topological polar surface area (TPSA) is 54.9 Å². The first kappa shape index (κ1) is 12.2.